The third-order valence-corrected chi connectivity index (χ3v) is 4.03. The van der Waals surface area contributed by atoms with Crippen molar-refractivity contribution in [2.45, 2.75) is 25.6 Å². The monoisotopic (exact) mass is 347 g/mol. The van der Waals surface area contributed by atoms with Crippen molar-refractivity contribution in [1.82, 2.24) is 5.32 Å². The molecule has 2 N–H and O–H groups in total. The van der Waals surface area contributed by atoms with Gasteiger partial charge in [0.2, 0.25) is 0 Å². The number of carbonyl (C=O) groups is 2. The smallest absolute Gasteiger partial charge is 0.407 e. The highest BCUT2D eigenvalue weighted by Crippen LogP contribution is 2.44. The lowest BCUT2D eigenvalue weighted by Crippen LogP contribution is -2.44. The Morgan fingerprint density at radius 2 is 1.72 bits per heavy atom. The van der Waals surface area contributed by atoms with Crippen LogP contribution in [0.15, 0.2) is 48.5 Å². The Labute approximate surface area is 157 Å². The van der Waals surface area contributed by atoms with Crippen molar-refractivity contribution in [1.29, 1.82) is 0 Å². The van der Waals surface area contributed by atoms with E-state index >= 15 is 0 Å². The summed E-state index contributed by atoms with van der Waals surface area (Å²) < 4.78 is 65.9. The zero-order valence-electron chi connectivity index (χ0n) is 21.1. The molecule has 25 heavy (non-hydrogen) atoms. The number of carboxylic acids is 1. The Bertz CT molecular complexity index is 1020. The molecule has 0 saturated carbocycles. The van der Waals surface area contributed by atoms with Gasteiger partial charge in [0, 0.05) is 15.5 Å². The standard InChI is InChI=1S/C20H21NO4/c1-12(2)18(19(22)23)21-20(24)25-11-17-15-9-5-3-7-13(15)14-8-4-6-10-16(14)17/h3-10,12,17-18H,11H2,1-2H3,(H,21,24)(H,22,23)/t18-/m0/s1/i1D3,2D3,12D,18D. The van der Waals surface area contributed by atoms with Crippen LogP contribution >= 0.6 is 0 Å². The van der Waals surface area contributed by atoms with Gasteiger partial charge in [-0.15, -0.1) is 0 Å². The van der Waals surface area contributed by atoms with Gasteiger partial charge in [0.25, 0.3) is 0 Å². The van der Waals surface area contributed by atoms with Crippen molar-refractivity contribution in [3.63, 3.8) is 0 Å². The number of rotatable bonds is 5. The van der Waals surface area contributed by atoms with Crippen molar-refractivity contribution in [2.75, 3.05) is 6.61 Å². The van der Waals surface area contributed by atoms with Gasteiger partial charge in [-0.1, -0.05) is 62.2 Å². The third kappa shape index (κ3) is 3.36. The Hall–Kier alpha value is -2.82. The lowest BCUT2D eigenvalue weighted by molar-refractivity contribution is -0.140. The largest absolute Gasteiger partial charge is 0.480 e. The molecule has 2 aromatic rings. The predicted molar refractivity (Wildman–Crippen MR) is 94.5 cm³/mol. The first-order chi connectivity index (χ1) is 15.1. The highest BCUT2D eigenvalue weighted by Gasteiger charge is 2.30. The molecule has 0 radical (unpaired) electrons. The fraction of sp³-hybridized carbons (Fsp3) is 0.300. The van der Waals surface area contributed by atoms with E-state index in [1.807, 2.05) is 36.4 Å². The molecular weight excluding hydrogens is 318 g/mol. The molecule has 1 aliphatic rings. The number of amides is 1. The van der Waals surface area contributed by atoms with Gasteiger partial charge in [-0.3, -0.25) is 0 Å². The summed E-state index contributed by atoms with van der Waals surface area (Å²) in [5.74, 6) is -6.62. The average Bonchev–Trinajstić information content (AvgIpc) is 3.03. The van der Waals surface area contributed by atoms with E-state index < -0.39 is 43.6 Å². The summed E-state index contributed by atoms with van der Waals surface area (Å²) in [6, 6.07) is 11.0. The molecule has 0 spiro atoms. The summed E-state index contributed by atoms with van der Waals surface area (Å²) in [4.78, 5) is 24.3. The summed E-state index contributed by atoms with van der Waals surface area (Å²) in [6.45, 7) is -7.80. The van der Waals surface area contributed by atoms with Crippen molar-refractivity contribution in [3.05, 3.63) is 59.7 Å². The van der Waals surface area contributed by atoms with E-state index in [2.05, 4.69) is 0 Å². The van der Waals surface area contributed by atoms with Crippen molar-refractivity contribution in [2.24, 2.45) is 5.89 Å². The number of ether oxygens (including phenoxy) is 1. The molecule has 2 aromatic carbocycles. The van der Waals surface area contributed by atoms with Gasteiger partial charge >= 0.3 is 12.1 Å². The molecule has 1 atom stereocenters. The van der Waals surface area contributed by atoms with Crippen LogP contribution in [0.25, 0.3) is 11.1 Å². The van der Waals surface area contributed by atoms with E-state index in [4.69, 9.17) is 15.7 Å². The van der Waals surface area contributed by atoms with E-state index in [0.717, 1.165) is 22.3 Å². The van der Waals surface area contributed by atoms with Crippen LogP contribution in [0.4, 0.5) is 4.79 Å². The quantitative estimate of drug-likeness (QED) is 0.866. The maximum absolute atomic E-state index is 12.5. The molecule has 0 aromatic heterocycles. The highest BCUT2D eigenvalue weighted by atomic mass is 16.5. The summed E-state index contributed by atoms with van der Waals surface area (Å²) in [5, 5.41) is 11.0. The Balaban J connectivity index is 1.87. The fourth-order valence-corrected chi connectivity index (χ4v) is 2.96. The number of nitrogens with one attached hydrogen (secondary N) is 1. The molecule has 0 bridgehead atoms. The maximum Gasteiger partial charge on any atom is 0.407 e. The molecule has 0 heterocycles. The molecule has 5 nitrogen and oxygen atoms in total. The van der Waals surface area contributed by atoms with E-state index in [-0.39, 0.29) is 6.61 Å². The van der Waals surface area contributed by atoms with Crippen LogP contribution < -0.4 is 5.32 Å². The molecule has 0 fully saturated rings. The summed E-state index contributed by atoms with van der Waals surface area (Å²) in [7, 11) is 0. The van der Waals surface area contributed by atoms with E-state index in [0.29, 0.717) is 0 Å². The van der Waals surface area contributed by atoms with Crippen molar-refractivity contribution < 1.29 is 30.4 Å². The number of aliphatic carboxylic acids is 1. The van der Waals surface area contributed by atoms with Gasteiger partial charge in [-0.05, 0) is 28.1 Å². The summed E-state index contributed by atoms with van der Waals surface area (Å²) in [6.07, 6.45) is -1.53. The molecule has 1 amide bonds. The molecule has 130 valence electrons. The molecule has 5 heteroatoms. The zero-order chi connectivity index (χ0) is 24.8. The average molecular weight is 347 g/mol. The second-order valence-corrected chi connectivity index (χ2v) is 5.51. The lowest BCUT2D eigenvalue weighted by Gasteiger charge is -2.19. The Kier molecular flexibility index (Phi) is 2.68. The Morgan fingerprint density at radius 1 is 1.16 bits per heavy atom. The van der Waals surface area contributed by atoms with Crippen molar-refractivity contribution in [3.8, 4) is 11.1 Å². The van der Waals surface area contributed by atoms with Gasteiger partial charge in [-0.2, -0.15) is 0 Å². The number of carbonyl (C=O) groups excluding carboxylic acids is 1. The van der Waals surface area contributed by atoms with Crippen LogP contribution in [0.5, 0.6) is 0 Å². The SMILES string of the molecule is [2H]C([2H])([2H])C([2H])(C([2H])([2H])[2H])[C@]([2H])(NC(=O)OCC1c2ccccc2-c2ccccc21)C(=O)O. The lowest BCUT2D eigenvalue weighted by atomic mass is 9.98. The van der Waals surface area contributed by atoms with Crippen LogP contribution in [-0.2, 0) is 9.53 Å². The topological polar surface area (TPSA) is 75.6 Å². The molecule has 3 rings (SSSR count). The summed E-state index contributed by atoms with van der Waals surface area (Å²) >= 11 is 0. The third-order valence-electron chi connectivity index (χ3n) is 4.03. The minimum Gasteiger partial charge on any atom is -0.480 e. The van der Waals surface area contributed by atoms with Gasteiger partial charge in [0.05, 0.1) is 1.37 Å². The van der Waals surface area contributed by atoms with Crippen molar-refractivity contribution >= 4 is 12.1 Å². The van der Waals surface area contributed by atoms with Gasteiger partial charge in [0.1, 0.15) is 12.6 Å². The number of hydrogen-bond acceptors (Lipinski definition) is 3. The van der Waals surface area contributed by atoms with Gasteiger partial charge < -0.3 is 15.2 Å². The minimum atomic E-state index is -3.88. The number of hydrogen-bond donors (Lipinski definition) is 2. The Morgan fingerprint density at radius 3 is 2.24 bits per heavy atom. The maximum atomic E-state index is 12.5. The first-order valence-electron chi connectivity index (χ1n) is 11.5. The number of alkyl carbamates (subject to hydrolysis) is 1. The molecule has 0 unspecified atom stereocenters. The number of carboxylic acid groups (broad SMARTS) is 1. The normalized spacial score (nSPS) is 21.3. The van der Waals surface area contributed by atoms with Crippen LogP contribution in [-0.4, -0.2) is 29.8 Å². The predicted octanol–water partition coefficient (Wildman–Crippen LogP) is 3.63. The van der Waals surface area contributed by atoms with Crippen LogP contribution in [0.2, 0.25) is 0 Å². The number of benzene rings is 2. The minimum absolute atomic E-state index is 0.290. The second-order valence-electron chi connectivity index (χ2n) is 5.51. The molecule has 0 aliphatic heterocycles. The zero-order valence-corrected chi connectivity index (χ0v) is 13.1. The van der Waals surface area contributed by atoms with Crippen LogP contribution in [0, 0.1) is 5.89 Å². The molecular formula is C20H21NO4. The first kappa shape index (κ1) is 9.61. The molecule has 1 aliphatic carbocycles. The van der Waals surface area contributed by atoms with Crippen LogP contribution in [0.3, 0.4) is 0 Å². The fourth-order valence-electron chi connectivity index (χ4n) is 2.96. The first-order valence-corrected chi connectivity index (χ1v) is 7.51. The van der Waals surface area contributed by atoms with E-state index in [1.165, 1.54) is 5.32 Å². The summed E-state index contributed by atoms with van der Waals surface area (Å²) in [5.41, 5.74) is 3.55. The van der Waals surface area contributed by atoms with Gasteiger partial charge in [-0.25, -0.2) is 9.59 Å². The highest BCUT2D eigenvalue weighted by molar-refractivity contribution is 5.81. The molecule has 0 saturated heterocycles. The van der Waals surface area contributed by atoms with Crippen LogP contribution in [0.1, 0.15) is 41.7 Å². The second kappa shape index (κ2) is 6.97. The number of fused-ring (bicyclic) bond motifs is 3. The van der Waals surface area contributed by atoms with E-state index in [9.17, 15) is 14.7 Å². The van der Waals surface area contributed by atoms with E-state index in [1.54, 1.807) is 12.1 Å². The van der Waals surface area contributed by atoms with Gasteiger partial charge in [0.15, 0.2) is 0 Å².